The Bertz CT molecular complexity index is 1040. The van der Waals surface area contributed by atoms with Crippen molar-refractivity contribution in [3.8, 4) is 5.75 Å². The van der Waals surface area contributed by atoms with Crippen molar-refractivity contribution in [3.63, 3.8) is 0 Å². The lowest BCUT2D eigenvalue weighted by molar-refractivity contribution is -0.132. The predicted octanol–water partition coefficient (Wildman–Crippen LogP) is 3.85. The minimum absolute atomic E-state index is 0.126. The van der Waals surface area contributed by atoms with Gasteiger partial charge >= 0.3 is 5.97 Å². The fourth-order valence-electron chi connectivity index (χ4n) is 4.23. The molecule has 2 aromatic carbocycles. The van der Waals surface area contributed by atoms with Gasteiger partial charge in [-0.3, -0.25) is 14.4 Å². The highest BCUT2D eigenvalue weighted by Gasteiger charge is 2.43. The number of aliphatic hydroxyl groups excluding tert-OH is 1. The van der Waals surface area contributed by atoms with Gasteiger partial charge < -0.3 is 19.6 Å². The van der Waals surface area contributed by atoms with Crippen molar-refractivity contribution in [2.75, 3.05) is 26.2 Å². The Morgan fingerprint density at radius 3 is 2.26 bits per heavy atom. The SMILES string of the molecule is CCN(CC)CCN1C(=O)C(O)=C(C(=O)CCc2ccccc2)C1c1ccc(OC(C)=O)cc1. The number of rotatable bonds is 11. The van der Waals surface area contributed by atoms with Gasteiger partial charge in [-0.15, -0.1) is 0 Å². The normalized spacial score (nSPS) is 15.8. The van der Waals surface area contributed by atoms with Crippen LogP contribution >= 0.6 is 0 Å². The molecule has 1 aliphatic heterocycles. The minimum Gasteiger partial charge on any atom is -0.503 e. The van der Waals surface area contributed by atoms with Crippen LogP contribution in [0.3, 0.4) is 0 Å². The first-order valence-electron chi connectivity index (χ1n) is 11.7. The molecule has 1 heterocycles. The average molecular weight is 465 g/mol. The van der Waals surface area contributed by atoms with Crippen molar-refractivity contribution >= 4 is 17.7 Å². The lowest BCUT2D eigenvalue weighted by Crippen LogP contribution is -2.38. The largest absolute Gasteiger partial charge is 0.503 e. The number of likely N-dealkylation sites (N-methyl/N-ethyl adjacent to an activating group) is 1. The summed E-state index contributed by atoms with van der Waals surface area (Å²) in [6.07, 6.45) is 0.699. The van der Waals surface area contributed by atoms with Gasteiger partial charge in [0.15, 0.2) is 11.5 Å². The molecule has 7 nitrogen and oxygen atoms in total. The fourth-order valence-corrected chi connectivity index (χ4v) is 4.23. The number of nitrogens with zero attached hydrogens (tertiary/aromatic N) is 2. The van der Waals surface area contributed by atoms with Crippen LogP contribution < -0.4 is 4.74 Å². The molecule has 1 amide bonds. The Balaban J connectivity index is 1.89. The number of aliphatic hydroxyl groups is 1. The molecule has 0 aliphatic carbocycles. The summed E-state index contributed by atoms with van der Waals surface area (Å²) < 4.78 is 5.12. The van der Waals surface area contributed by atoms with Gasteiger partial charge in [-0.25, -0.2) is 0 Å². The van der Waals surface area contributed by atoms with E-state index in [1.54, 1.807) is 29.2 Å². The van der Waals surface area contributed by atoms with Crippen LogP contribution in [-0.4, -0.2) is 58.7 Å². The van der Waals surface area contributed by atoms with Crippen LogP contribution in [0.15, 0.2) is 65.9 Å². The zero-order valence-electron chi connectivity index (χ0n) is 20.0. The summed E-state index contributed by atoms with van der Waals surface area (Å²) >= 11 is 0. The van der Waals surface area contributed by atoms with E-state index >= 15 is 0 Å². The smallest absolute Gasteiger partial charge is 0.308 e. The molecule has 0 bridgehead atoms. The Kier molecular flexibility index (Phi) is 8.60. The van der Waals surface area contributed by atoms with E-state index < -0.39 is 23.7 Å². The summed E-state index contributed by atoms with van der Waals surface area (Å²) in [6, 6.07) is 15.7. The Morgan fingerprint density at radius 1 is 1.03 bits per heavy atom. The van der Waals surface area contributed by atoms with E-state index in [0.717, 1.165) is 18.7 Å². The zero-order chi connectivity index (χ0) is 24.7. The molecule has 0 spiro atoms. The number of carbonyl (C=O) groups excluding carboxylic acids is 3. The molecule has 1 unspecified atom stereocenters. The van der Waals surface area contributed by atoms with Crippen molar-refractivity contribution in [1.82, 2.24) is 9.80 Å². The predicted molar refractivity (Wildman–Crippen MR) is 129 cm³/mol. The average Bonchev–Trinajstić information content (AvgIpc) is 3.09. The van der Waals surface area contributed by atoms with E-state index in [0.29, 0.717) is 30.8 Å². The van der Waals surface area contributed by atoms with E-state index in [4.69, 9.17) is 4.74 Å². The topological polar surface area (TPSA) is 87.2 Å². The minimum atomic E-state index is -0.697. The maximum atomic E-state index is 13.3. The summed E-state index contributed by atoms with van der Waals surface area (Å²) in [4.78, 5) is 41.4. The van der Waals surface area contributed by atoms with E-state index in [1.165, 1.54) is 6.92 Å². The summed E-state index contributed by atoms with van der Waals surface area (Å²) in [7, 11) is 0. The standard InChI is InChI=1S/C27H32N2O5/c1-4-28(5-2)17-18-29-25(21-12-14-22(15-13-21)34-19(3)30)24(26(32)27(29)33)23(31)16-11-20-9-7-6-8-10-20/h6-10,12-15,25,32H,4-5,11,16-18H2,1-3H3. The number of Topliss-reactive ketones (excluding diaryl/α,β-unsaturated/α-hetero) is 1. The van der Waals surface area contributed by atoms with E-state index in [1.807, 2.05) is 30.3 Å². The second-order valence-electron chi connectivity index (χ2n) is 8.26. The third kappa shape index (κ3) is 5.91. The lowest BCUT2D eigenvalue weighted by Gasteiger charge is -2.29. The number of hydrogen-bond donors (Lipinski definition) is 1. The molecule has 1 aliphatic rings. The first kappa shape index (κ1) is 25.2. The van der Waals surface area contributed by atoms with Crippen LogP contribution in [0.5, 0.6) is 5.75 Å². The molecule has 0 aromatic heterocycles. The molecule has 2 aromatic rings. The number of hydrogen-bond acceptors (Lipinski definition) is 6. The molecule has 180 valence electrons. The lowest BCUT2D eigenvalue weighted by atomic mass is 9.93. The Hall–Kier alpha value is -3.45. The molecular formula is C27H32N2O5. The molecule has 3 rings (SSSR count). The van der Waals surface area contributed by atoms with Crippen LogP contribution in [0.4, 0.5) is 0 Å². The van der Waals surface area contributed by atoms with Crippen LogP contribution in [0.1, 0.15) is 44.4 Å². The van der Waals surface area contributed by atoms with E-state index in [2.05, 4.69) is 18.7 Å². The first-order valence-corrected chi connectivity index (χ1v) is 11.7. The van der Waals surface area contributed by atoms with Crippen LogP contribution in [0.25, 0.3) is 0 Å². The summed E-state index contributed by atoms with van der Waals surface area (Å²) in [6.45, 7) is 8.09. The summed E-state index contributed by atoms with van der Waals surface area (Å²) in [5.74, 6) is -1.33. The zero-order valence-corrected chi connectivity index (χ0v) is 20.0. The fraction of sp³-hybridized carbons (Fsp3) is 0.370. The van der Waals surface area contributed by atoms with Gasteiger partial charge in [-0.2, -0.15) is 0 Å². The third-order valence-electron chi connectivity index (χ3n) is 6.10. The number of amides is 1. The molecule has 0 fully saturated rings. The van der Waals surface area contributed by atoms with Gasteiger partial charge in [0.25, 0.3) is 5.91 Å². The highest BCUT2D eigenvalue weighted by atomic mass is 16.5. The quantitative estimate of drug-likeness (QED) is 0.402. The van der Waals surface area contributed by atoms with Gasteiger partial charge in [0.1, 0.15) is 5.75 Å². The summed E-state index contributed by atoms with van der Waals surface area (Å²) in [5.41, 5.74) is 1.82. The van der Waals surface area contributed by atoms with Crippen molar-refractivity contribution in [2.24, 2.45) is 0 Å². The number of carbonyl (C=O) groups is 3. The molecule has 1 atom stereocenters. The number of benzene rings is 2. The first-order chi connectivity index (χ1) is 16.3. The van der Waals surface area contributed by atoms with E-state index in [-0.39, 0.29) is 17.8 Å². The van der Waals surface area contributed by atoms with Gasteiger partial charge in [-0.1, -0.05) is 56.3 Å². The third-order valence-corrected chi connectivity index (χ3v) is 6.10. The molecule has 0 radical (unpaired) electrons. The van der Waals surface area contributed by atoms with E-state index in [9.17, 15) is 19.5 Å². The summed E-state index contributed by atoms with van der Waals surface area (Å²) in [5, 5.41) is 10.8. The van der Waals surface area contributed by atoms with Crippen LogP contribution in [0, 0.1) is 0 Å². The van der Waals surface area contributed by atoms with Gasteiger partial charge in [0.2, 0.25) is 0 Å². The van der Waals surface area contributed by atoms with Crippen molar-refractivity contribution in [3.05, 3.63) is 77.1 Å². The number of aryl methyl sites for hydroxylation is 1. The second kappa shape index (κ2) is 11.6. The van der Waals surface area contributed by atoms with Crippen molar-refractivity contribution in [2.45, 2.75) is 39.7 Å². The Morgan fingerprint density at radius 2 is 1.68 bits per heavy atom. The maximum Gasteiger partial charge on any atom is 0.308 e. The van der Waals surface area contributed by atoms with Crippen molar-refractivity contribution in [1.29, 1.82) is 0 Å². The van der Waals surface area contributed by atoms with Gasteiger partial charge in [0, 0.05) is 26.4 Å². The second-order valence-corrected chi connectivity index (χ2v) is 8.26. The molecule has 7 heteroatoms. The van der Waals surface area contributed by atoms with Gasteiger partial charge in [0.05, 0.1) is 11.6 Å². The number of esters is 1. The van der Waals surface area contributed by atoms with Gasteiger partial charge in [-0.05, 0) is 42.8 Å². The highest BCUT2D eigenvalue weighted by molar-refractivity contribution is 6.09. The van der Waals surface area contributed by atoms with Crippen molar-refractivity contribution < 1.29 is 24.2 Å². The van der Waals surface area contributed by atoms with Crippen LogP contribution in [-0.2, 0) is 20.8 Å². The molecule has 34 heavy (non-hydrogen) atoms. The monoisotopic (exact) mass is 464 g/mol. The molecule has 0 saturated carbocycles. The Labute approximate surface area is 200 Å². The molecule has 1 N–H and O–H groups in total. The molecular weight excluding hydrogens is 432 g/mol. The molecule has 0 saturated heterocycles. The maximum absolute atomic E-state index is 13.3. The van der Waals surface area contributed by atoms with Crippen LogP contribution in [0.2, 0.25) is 0 Å². The number of ketones is 1. The highest BCUT2D eigenvalue weighted by Crippen LogP contribution is 2.38. The number of ether oxygens (including phenoxy) is 1.